The van der Waals surface area contributed by atoms with Gasteiger partial charge in [0, 0.05) is 6.54 Å². The highest BCUT2D eigenvalue weighted by molar-refractivity contribution is 5.90. The molecule has 4 heteroatoms. The number of pyridine rings is 1. The third kappa shape index (κ3) is 2.03. The van der Waals surface area contributed by atoms with Crippen LogP contribution < -0.4 is 5.73 Å². The second-order valence-electron chi connectivity index (χ2n) is 2.63. The van der Waals surface area contributed by atoms with Gasteiger partial charge < -0.3 is 10.5 Å². The van der Waals surface area contributed by atoms with Gasteiger partial charge in [-0.15, -0.1) is 0 Å². The van der Waals surface area contributed by atoms with Crippen molar-refractivity contribution >= 4 is 5.97 Å². The predicted octanol–water partition coefficient (Wildman–Crippen LogP) is 0.635. The van der Waals surface area contributed by atoms with E-state index in [2.05, 4.69) is 9.72 Å². The lowest BCUT2D eigenvalue weighted by Crippen LogP contribution is -2.08. The molecule has 0 saturated heterocycles. The van der Waals surface area contributed by atoms with E-state index < -0.39 is 0 Å². The number of esters is 1. The molecule has 70 valence electrons. The molecule has 0 aliphatic carbocycles. The third-order valence-corrected chi connectivity index (χ3v) is 1.76. The molecule has 0 aliphatic heterocycles. The number of nitrogens with zero attached hydrogens (tertiary/aromatic N) is 1. The average Bonchev–Trinajstić information content (AvgIpc) is 2.16. The summed E-state index contributed by atoms with van der Waals surface area (Å²) in [5.41, 5.74) is 7.30. The molecule has 0 aliphatic rings. The van der Waals surface area contributed by atoms with Crippen molar-refractivity contribution < 1.29 is 9.53 Å². The van der Waals surface area contributed by atoms with Crippen LogP contribution in [-0.4, -0.2) is 18.1 Å². The highest BCUT2D eigenvalue weighted by Gasteiger charge is 2.09. The molecule has 0 saturated carbocycles. The van der Waals surface area contributed by atoms with E-state index in [1.165, 1.54) is 7.11 Å². The number of rotatable bonds is 2. The normalized spacial score (nSPS) is 9.77. The van der Waals surface area contributed by atoms with E-state index in [4.69, 9.17) is 5.73 Å². The van der Waals surface area contributed by atoms with E-state index in [0.717, 1.165) is 5.69 Å². The SMILES string of the molecule is COC(=O)c1ccc(CN)nc1C. The molecule has 1 heterocycles. The van der Waals surface area contributed by atoms with Crippen molar-refractivity contribution in [2.45, 2.75) is 13.5 Å². The first kappa shape index (κ1) is 9.67. The number of hydrogen-bond acceptors (Lipinski definition) is 4. The molecule has 0 atom stereocenters. The van der Waals surface area contributed by atoms with E-state index in [0.29, 0.717) is 17.8 Å². The number of carbonyl (C=O) groups is 1. The van der Waals surface area contributed by atoms with E-state index in [1.807, 2.05) is 0 Å². The Morgan fingerprint density at radius 2 is 2.31 bits per heavy atom. The minimum atomic E-state index is -0.367. The zero-order valence-corrected chi connectivity index (χ0v) is 7.70. The molecule has 0 bridgehead atoms. The maximum Gasteiger partial charge on any atom is 0.339 e. The first-order valence-electron chi connectivity index (χ1n) is 3.94. The Morgan fingerprint density at radius 1 is 1.62 bits per heavy atom. The van der Waals surface area contributed by atoms with Crippen LogP contribution in [0.3, 0.4) is 0 Å². The van der Waals surface area contributed by atoms with Gasteiger partial charge in [-0.25, -0.2) is 4.79 Å². The summed E-state index contributed by atoms with van der Waals surface area (Å²) in [7, 11) is 1.35. The fourth-order valence-electron chi connectivity index (χ4n) is 1.05. The smallest absolute Gasteiger partial charge is 0.339 e. The van der Waals surface area contributed by atoms with Crippen LogP contribution in [0.2, 0.25) is 0 Å². The lowest BCUT2D eigenvalue weighted by atomic mass is 10.2. The standard InChI is InChI=1S/C9H12N2O2/c1-6-8(9(12)13-2)4-3-7(5-10)11-6/h3-4H,5,10H2,1-2H3. The summed E-state index contributed by atoms with van der Waals surface area (Å²) in [4.78, 5) is 15.3. The Kier molecular flexibility index (Phi) is 2.97. The maximum atomic E-state index is 11.1. The van der Waals surface area contributed by atoms with Gasteiger partial charge in [0.25, 0.3) is 0 Å². The summed E-state index contributed by atoms with van der Waals surface area (Å²) in [5.74, 6) is -0.367. The Hall–Kier alpha value is -1.42. The van der Waals surface area contributed by atoms with Crippen molar-refractivity contribution in [2.24, 2.45) is 5.73 Å². The van der Waals surface area contributed by atoms with Gasteiger partial charge in [-0.1, -0.05) is 0 Å². The second kappa shape index (κ2) is 4.00. The lowest BCUT2D eigenvalue weighted by Gasteiger charge is -2.04. The Morgan fingerprint density at radius 3 is 2.77 bits per heavy atom. The summed E-state index contributed by atoms with van der Waals surface area (Å²) in [6.45, 7) is 2.13. The van der Waals surface area contributed by atoms with Gasteiger partial charge in [0.1, 0.15) is 0 Å². The number of carbonyl (C=O) groups excluding carboxylic acids is 1. The fourth-order valence-corrected chi connectivity index (χ4v) is 1.05. The molecular formula is C9H12N2O2. The third-order valence-electron chi connectivity index (χ3n) is 1.76. The van der Waals surface area contributed by atoms with Crippen molar-refractivity contribution in [1.29, 1.82) is 0 Å². The lowest BCUT2D eigenvalue weighted by molar-refractivity contribution is 0.0599. The Balaban J connectivity index is 3.05. The zero-order valence-electron chi connectivity index (χ0n) is 7.70. The highest BCUT2D eigenvalue weighted by atomic mass is 16.5. The van der Waals surface area contributed by atoms with Gasteiger partial charge in [0.15, 0.2) is 0 Å². The van der Waals surface area contributed by atoms with Crippen molar-refractivity contribution in [3.8, 4) is 0 Å². The number of aromatic nitrogens is 1. The minimum Gasteiger partial charge on any atom is -0.465 e. The van der Waals surface area contributed by atoms with Gasteiger partial charge >= 0.3 is 5.97 Å². The van der Waals surface area contributed by atoms with Gasteiger partial charge in [-0.3, -0.25) is 4.98 Å². The van der Waals surface area contributed by atoms with Gasteiger partial charge in [0.2, 0.25) is 0 Å². The van der Waals surface area contributed by atoms with Crippen LogP contribution in [0.15, 0.2) is 12.1 Å². The van der Waals surface area contributed by atoms with Crippen LogP contribution in [0.4, 0.5) is 0 Å². The van der Waals surface area contributed by atoms with Gasteiger partial charge in [0.05, 0.1) is 24.1 Å². The molecule has 0 aromatic carbocycles. The first-order valence-corrected chi connectivity index (χ1v) is 3.94. The summed E-state index contributed by atoms with van der Waals surface area (Å²) in [5, 5.41) is 0. The fraction of sp³-hybridized carbons (Fsp3) is 0.333. The van der Waals surface area contributed by atoms with Crippen molar-refractivity contribution in [2.75, 3.05) is 7.11 Å². The highest BCUT2D eigenvalue weighted by Crippen LogP contribution is 2.07. The molecule has 1 rings (SSSR count). The number of nitrogens with two attached hydrogens (primary N) is 1. The van der Waals surface area contributed by atoms with Crippen molar-refractivity contribution in [3.05, 3.63) is 29.1 Å². The molecular weight excluding hydrogens is 168 g/mol. The maximum absolute atomic E-state index is 11.1. The second-order valence-corrected chi connectivity index (χ2v) is 2.63. The van der Waals surface area contributed by atoms with Crippen molar-refractivity contribution in [3.63, 3.8) is 0 Å². The van der Waals surface area contributed by atoms with Crippen LogP contribution in [0.1, 0.15) is 21.7 Å². The zero-order chi connectivity index (χ0) is 9.84. The molecule has 0 spiro atoms. The van der Waals surface area contributed by atoms with Gasteiger partial charge in [-0.05, 0) is 19.1 Å². The number of methoxy groups -OCH3 is 1. The number of ether oxygens (including phenoxy) is 1. The molecule has 2 N–H and O–H groups in total. The van der Waals surface area contributed by atoms with E-state index in [-0.39, 0.29) is 5.97 Å². The predicted molar refractivity (Wildman–Crippen MR) is 48.2 cm³/mol. The molecule has 0 amide bonds. The van der Waals surface area contributed by atoms with E-state index in [9.17, 15) is 4.79 Å². The quantitative estimate of drug-likeness (QED) is 0.678. The molecule has 4 nitrogen and oxygen atoms in total. The monoisotopic (exact) mass is 180 g/mol. The van der Waals surface area contributed by atoms with Crippen LogP contribution in [0.25, 0.3) is 0 Å². The summed E-state index contributed by atoms with van der Waals surface area (Å²) < 4.78 is 4.58. The average molecular weight is 180 g/mol. The van der Waals surface area contributed by atoms with Crippen LogP contribution in [0.5, 0.6) is 0 Å². The van der Waals surface area contributed by atoms with Gasteiger partial charge in [-0.2, -0.15) is 0 Å². The van der Waals surface area contributed by atoms with Crippen molar-refractivity contribution in [1.82, 2.24) is 4.98 Å². The van der Waals surface area contributed by atoms with E-state index in [1.54, 1.807) is 19.1 Å². The van der Waals surface area contributed by atoms with Crippen LogP contribution in [-0.2, 0) is 11.3 Å². The number of hydrogen-bond donors (Lipinski definition) is 1. The molecule has 1 aromatic heterocycles. The Labute approximate surface area is 76.7 Å². The molecule has 13 heavy (non-hydrogen) atoms. The van der Waals surface area contributed by atoms with E-state index >= 15 is 0 Å². The topological polar surface area (TPSA) is 65.2 Å². The Bertz CT molecular complexity index is 323. The molecule has 0 fully saturated rings. The molecule has 0 radical (unpaired) electrons. The minimum absolute atomic E-state index is 0.367. The number of aryl methyl sites for hydroxylation is 1. The summed E-state index contributed by atoms with van der Waals surface area (Å²) in [6, 6.07) is 3.40. The molecule has 0 unspecified atom stereocenters. The largest absolute Gasteiger partial charge is 0.465 e. The summed E-state index contributed by atoms with van der Waals surface area (Å²) >= 11 is 0. The van der Waals surface area contributed by atoms with Crippen LogP contribution >= 0.6 is 0 Å². The van der Waals surface area contributed by atoms with Crippen LogP contribution in [0, 0.1) is 6.92 Å². The first-order chi connectivity index (χ1) is 6.19. The summed E-state index contributed by atoms with van der Waals surface area (Å²) in [6.07, 6.45) is 0. The molecule has 1 aromatic rings.